The molecule has 0 bridgehead atoms. The number of carbonyl (C=O) groups is 1. The van der Waals surface area contributed by atoms with Crippen LogP contribution in [0.25, 0.3) is 0 Å². The molecular formula is C18H16N4O2S. The monoisotopic (exact) mass is 352 g/mol. The number of hydrogen-bond acceptors (Lipinski definition) is 6. The van der Waals surface area contributed by atoms with Crippen LogP contribution < -0.4 is 11.4 Å². The van der Waals surface area contributed by atoms with Crippen molar-refractivity contribution in [2.24, 2.45) is 0 Å². The van der Waals surface area contributed by atoms with Gasteiger partial charge in [-0.15, -0.1) is 10.2 Å². The standard InChI is InChI=1S/C18H16N4O2S/c1-12-17(24)22(19)18(21-20-12)25-16(14-10-6-3-7-11-14)15(23)13-8-4-2-5-9-13/h2-11,16H,19H2,1H3/t16-/m0/s1. The molecule has 0 unspecified atom stereocenters. The predicted octanol–water partition coefficient (Wildman–Crippen LogP) is 2.38. The fraction of sp³-hybridized carbons (Fsp3) is 0.111. The van der Waals surface area contributed by atoms with Crippen LogP contribution in [0.5, 0.6) is 0 Å². The van der Waals surface area contributed by atoms with Crippen LogP contribution >= 0.6 is 11.8 Å². The van der Waals surface area contributed by atoms with Gasteiger partial charge in [0.15, 0.2) is 5.78 Å². The molecule has 126 valence electrons. The molecule has 1 heterocycles. The van der Waals surface area contributed by atoms with Gasteiger partial charge in [0.1, 0.15) is 10.9 Å². The number of thioether (sulfide) groups is 1. The summed E-state index contributed by atoms with van der Waals surface area (Å²) in [5.74, 6) is 5.73. The molecule has 0 amide bonds. The number of ketones is 1. The van der Waals surface area contributed by atoms with Gasteiger partial charge in [0.2, 0.25) is 5.16 Å². The van der Waals surface area contributed by atoms with Gasteiger partial charge in [-0.3, -0.25) is 9.59 Å². The first-order chi connectivity index (χ1) is 12.1. The highest BCUT2D eigenvalue weighted by atomic mass is 32.2. The maximum Gasteiger partial charge on any atom is 0.294 e. The van der Waals surface area contributed by atoms with Gasteiger partial charge in [-0.2, -0.15) is 4.68 Å². The van der Waals surface area contributed by atoms with E-state index in [0.717, 1.165) is 22.0 Å². The van der Waals surface area contributed by atoms with Crippen LogP contribution in [0.2, 0.25) is 0 Å². The maximum atomic E-state index is 13.0. The molecule has 0 aliphatic heterocycles. The highest BCUT2D eigenvalue weighted by molar-refractivity contribution is 8.00. The van der Waals surface area contributed by atoms with Crippen LogP contribution in [0.4, 0.5) is 0 Å². The Bertz CT molecular complexity index is 942. The van der Waals surface area contributed by atoms with Crippen molar-refractivity contribution in [3.8, 4) is 0 Å². The lowest BCUT2D eigenvalue weighted by Gasteiger charge is -2.16. The number of Topliss-reactive ketones (excluding diaryl/α,β-unsaturated/α-hetero) is 1. The summed E-state index contributed by atoms with van der Waals surface area (Å²) in [5, 5.41) is 7.40. The number of nitrogen functional groups attached to an aromatic ring is 1. The molecule has 0 fully saturated rings. The topological polar surface area (TPSA) is 90.9 Å². The summed E-state index contributed by atoms with van der Waals surface area (Å²) in [7, 11) is 0. The molecule has 0 aliphatic rings. The largest absolute Gasteiger partial charge is 0.334 e. The molecule has 0 aliphatic carbocycles. The molecule has 6 nitrogen and oxygen atoms in total. The lowest BCUT2D eigenvalue weighted by atomic mass is 10.0. The third-order valence-corrected chi connectivity index (χ3v) is 4.85. The van der Waals surface area contributed by atoms with E-state index in [-0.39, 0.29) is 16.6 Å². The normalized spacial score (nSPS) is 11.9. The lowest BCUT2D eigenvalue weighted by Crippen LogP contribution is -2.32. The molecule has 2 aromatic carbocycles. The molecule has 0 saturated heterocycles. The summed E-state index contributed by atoms with van der Waals surface area (Å²) < 4.78 is 0.932. The van der Waals surface area contributed by atoms with Crippen LogP contribution in [-0.2, 0) is 0 Å². The summed E-state index contributed by atoms with van der Waals surface area (Å²) in [5.41, 5.74) is 1.15. The van der Waals surface area contributed by atoms with Crippen molar-refractivity contribution in [1.29, 1.82) is 0 Å². The van der Waals surface area contributed by atoms with Crippen molar-refractivity contribution in [2.75, 3.05) is 5.84 Å². The van der Waals surface area contributed by atoms with E-state index in [4.69, 9.17) is 5.84 Å². The summed E-state index contributed by atoms with van der Waals surface area (Å²) >= 11 is 1.11. The second kappa shape index (κ2) is 7.31. The molecule has 25 heavy (non-hydrogen) atoms. The van der Waals surface area contributed by atoms with E-state index in [0.29, 0.717) is 5.56 Å². The first-order valence-electron chi connectivity index (χ1n) is 7.60. The van der Waals surface area contributed by atoms with Crippen molar-refractivity contribution < 1.29 is 4.79 Å². The van der Waals surface area contributed by atoms with E-state index < -0.39 is 10.8 Å². The third-order valence-electron chi connectivity index (χ3n) is 3.64. The van der Waals surface area contributed by atoms with Crippen molar-refractivity contribution in [3.05, 3.63) is 87.8 Å². The van der Waals surface area contributed by atoms with Crippen LogP contribution in [0.3, 0.4) is 0 Å². The number of nitrogens with two attached hydrogens (primary N) is 1. The number of hydrogen-bond donors (Lipinski definition) is 1. The molecule has 2 N–H and O–H groups in total. The number of nitrogens with zero attached hydrogens (tertiary/aromatic N) is 3. The van der Waals surface area contributed by atoms with E-state index >= 15 is 0 Å². The van der Waals surface area contributed by atoms with Crippen molar-refractivity contribution in [3.63, 3.8) is 0 Å². The van der Waals surface area contributed by atoms with Crippen molar-refractivity contribution in [2.45, 2.75) is 17.3 Å². The SMILES string of the molecule is Cc1nnc(S[C@H](C(=O)c2ccccc2)c2ccccc2)n(N)c1=O. The maximum absolute atomic E-state index is 13.0. The third kappa shape index (κ3) is 3.61. The summed E-state index contributed by atoms with van der Waals surface area (Å²) in [6, 6.07) is 18.3. The highest BCUT2D eigenvalue weighted by Crippen LogP contribution is 2.35. The minimum atomic E-state index is -0.588. The van der Waals surface area contributed by atoms with E-state index in [1.54, 1.807) is 12.1 Å². The van der Waals surface area contributed by atoms with Gasteiger partial charge in [0.25, 0.3) is 5.56 Å². The van der Waals surface area contributed by atoms with Crippen LogP contribution in [-0.4, -0.2) is 20.7 Å². The summed E-state index contributed by atoms with van der Waals surface area (Å²) in [6.45, 7) is 1.54. The Morgan fingerprint density at radius 2 is 1.64 bits per heavy atom. The Morgan fingerprint density at radius 1 is 1.04 bits per heavy atom. The van der Waals surface area contributed by atoms with Crippen molar-refractivity contribution >= 4 is 17.5 Å². The van der Waals surface area contributed by atoms with Gasteiger partial charge in [0, 0.05) is 5.56 Å². The minimum Gasteiger partial charge on any atom is -0.334 e. The van der Waals surface area contributed by atoms with Gasteiger partial charge in [0.05, 0.1) is 0 Å². The lowest BCUT2D eigenvalue weighted by molar-refractivity contribution is 0.0989. The Morgan fingerprint density at radius 3 is 2.28 bits per heavy atom. The highest BCUT2D eigenvalue weighted by Gasteiger charge is 2.25. The van der Waals surface area contributed by atoms with Crippen LogP contribution in [0, 0.1) is 6.92 Å². The van der Waals surface area contributed by atoms with Gasteiger partial charge < -0.3 is 5.84 Å². The zero-order valence-electron chi connectivity index (χ0n) is 13.5. The van der Waals surface area contributed by atoms with E-state index in [2.05, 4.69) is 10.2 Å². The summed E-state index contributed by atoms with van der Waals surface area (Å²) in [4.78, 5) is 25.0. The minimum absolute atomic E-state index is 0.0911. The number of benzene rings is 2. The van der Waals surface area contributed by atoms with Crippen molar-refractivity contribution in [1.82, 2.24) is 14.9 Å². The average molecular weight is 352 g/mol. The average Bonchev–Trinajstić information content (AvgIpc) is 2.66. The van der Waals surface area contributed by atoms with Gasteiger partial charge in [-0.1, -0.05) is 72.4 Å². The molecule has 0 spiro atoms. The first kappa shape index (κ1) is 16.9. The number of aryl methyl sites for hydroxylation is 1. The second-order valence-corrected chi connectivity index (χ2v) is 6.45. The molecule has 3 rings (SSSR count). The Hall–Kier alpha value is -2.93. The van der Waals surface area contributed by atoms with E-state index in [1.807, 2.05) is 48.5 Å². The molecule has 7 heteroatoms. The quantitative estimate of drug-likeness (QED) is 0.431. The zero-order chi connectivity index (χ0) is 17.8. The molecule has 0 radical (unpaired) electrons. The molecule has 1 atom stereocenters. The Kier molecular flexibility index (Phi) is 4.95. The van der Waals surface area contributed by atoms with Gasteiger partial charge >= 0.3 is 0 Å². The molecule has 3 aromatic rings. The zero-order valence-corrected chi connectivity index (χ0v) is 14.3. The van der Waals surface area contributed by atoms with E-state index in [9.17, 15) is 9.59 Å². The Labute approximate surface area is 148 Å². The molecular weight excluding hydrogens is 336 g/mol. The van der Waals surface area contributed by atoms with Gasteiger partial charge in [-0.25, -0.2) is 0 Å². The second-order valence-electron chi connectivity index (χ2n) is 5.38. The summed E-state index contributed by atoms with van der Waals surface area (Å²) in [6.07, 6.45) is 0. The molecule has 1 aromatic heterocycles. The number of aromatic nitrogens is 3. The number of carbonyl (C=O) groups excluding carboxylic acids is 1. The number of rotatable bonds is 5. The van der Waals surface area contributed by atoms with Crippen LogP contribution in [0.1, 0.15) is 26.9 Å². The van der Waals surface area contributed by atoms with Gasteiger partial charge in [-0.05, 0) is 12.5 Å². The fourth-order valence-corrected chi connectivity index (χ4v) is 3.34. The van der Waals surface area contributed by atoms with Crippen LogP contribution in [0.15, 0.2) is 70.6 Å². The first-order valence-corrected chi connectivity index (χ1v) is 8.48. The fourth-order valence-electron chi connectivity index (χ4n) is 2.31. The van der Waals surface area contributed by atoms with E-state index in [1.165, 1.54) is 6.92 Å². The Balaban J connectivity index is 2.02. The molecule has 0 saturated carbocycles. The smallest absolute Gasteiger partial charge is 0.294 e. The predicted molar refractivity (Wildman–Crippen MR) is 97.0 cm³/mol.